The summed E-state index contributed by atoms with van der Waals surface area (Å²) < 4.78 is 0. The zero-order valence-corrected chi connectivity index (χ0v) is 35.0. The van der Waals surface area contributed by atoms with Crippen LogP contribution >= 0.6 is 0 Å². The van der Waals surface area contributed by atoms with E-state index in [-0.39, 0.29) is 5.41 Å². The van der Waals surface area contributed by atoms with Crippen molar-refractivity contribution in [3.05, 3.63) is 224 Å². The van der Waals surface area contributed by atoms with Crippen molar-refractivity contribution in [1.29, 1.82) is 0 Å². The maximum absolute atomic E-state index is 5.29. The number of hydrogen-bond donors (Lipinski definition) is 0. The summed E-state index contributed by atoms with van der Waals surface area (Å²) >= 11 is 0. The minimum Gasteiger partial charge on any atom is -0.264 e. The third-order valence-corrected chi connectivity index (χ3v) is 13.2. The first-order chi connectivity index (χ1) is 31.0. The molecule has 0 saturated carbocycles. The Labute approximate surface area is 367 Å². The molecule has 0 radical (unpaired) electrons. The number of nitrogens with zero attached hydrogens (tertiary/aromatic N) is 3. The Morgan fingerprint density at radius 3 is 1.56 bits per heavy atom. The van der Waals surface area contributed by atoms with Gasteiger partial charge < -0.3 is 0 Å². The van der Waals surface area contributed by atoms with Gasteiger partial charge in [-0.05, 0) is 112 Å². The van der Waals surface area contributed by atoms with Crippen LogP contribution in [0.2, 0.25) is 0 Å². The van der Waals surface area contributed by atoms with Crippen LogP contribution in [-0.4, -0.2) is 15.0 Å². The van der Waals surface area contributed by atoms with Gasteiger partial charge in [0.1, 0.15) is 0 Å². The second-order valence-electron chi connectivity index (χ2n) is 17.2. The van der Waals surface area contributed by atoms with E-state index in [1.165, 1.54) is 66.1 Å². The Hall–Kier alpha value is -8.01. The lowest BCUT2D eigenvalue weighted by Crippen LogP contribution is -2.15. The first-order valence-corrected chi connectivity index (χ1v) is 21.7. The van der Waals surface area contributed by atoms with Crippen LogP contribution in [0.1, 0.15) is 25.0 Å². The van der Waals surface area contributed by atoms with Crippen molar-refractivity contribution in [2.45, 2.75) is 19.3 Å². The van der Waals surface area contributed by atoms with Gasteiger partial charge in [-0.25, -0.2) is 9.97 Å². The third kappa shape index (κ3) is 6.07. The highest BCUT2D eigenvalue weighted by Gasteiger charge is 2.37. The molecule has 12 rings (SSSR count). The van der Waals surface area contributed by atoms with Gasteiger partial charge in [0.15, 0.2) is 5.82 Å². The molecule has 0 saturated heterocycles. The van der Waals surface area contributed by atoms with Crippen molar-refractivity contribution >= 4 is 32.3 Å². The molecule has 0 spiro atoms. The molecule has 0 aliphatic heterocycles. The van der Waals surface area contributed by atoms with E-state index in [0.717, 1.165) is 50.0 Å². The number of pyridine rings is 1. The van der Waals surface area contributed by atoms with Gasteiger partial charge >= 0.3 is 0 Å². The van der Waals surface area contributed by atoms with E-state index in [1.54, 1.807) is 6.20 Å². The predicted molar refractivity (Wildman–Crippen MR) is 263 cm³/mol. The fourth-order valence-corrected chi connectivity index (χ4v) is 10.1. The summed E-state index contributed by atoms with van der Waals surface area (Å²) in [5, 5.41) is 7.36. The largest absolute Gasteiger partial charge is 0.264 e. The second kappa shape index (κ2) is 14.6. The minimum atomic E-state index is -0.0924. The van der Waals surface area contributed by atoms with Crippen molar-refractivity contribution in [1.82, 2.24) is 15.0 Å². The standard InChI is InChI=1S/C60H41N3/c1-60(2)55-33-27-42(35-54(55)52-28-26-39-13-6-7-17-45(39)58(52)60)44-29-30-50(47-19-9-8-18-46(44)47)51-31-32-53(49-21-11-10-20-48(49)51)59-62-56(40-14-4-3-5-15-40)36-57(63-59)41-24-22-38(23-25-41)43-16-12-34-61-37-43/h3-37H,1-2H3. The van der Waals surface area contributed by atoms with Crippen molar-refractivity contribution < 1.29 is 0 Å². The maximum atomic E-state index is 5.29. The highest BCUT2D eigenvalue weighted by molar-refractivity contribution is 6.12. The van der Waals surface area contributed by atoms with Gasteiger partial charge in [-0.3, -0.25) is 4.98 Å². The van der Waals surface area contributed by atoms with Crippen LogP contribution < -0.4 is 0 Å². The van der Waals surface area contributed by atoms with Crippen molar-refractivity contribution in [2.75, 3.05) is 0 Å². The molecule has 3 heteroatoms. The van der Waals surface area contributed by atoms with Crippen LogP contribution in [0.5, 0.6) is 0 Å². The summed E-state index contributed by atoms with van der Waals surface area (Å²) in [7, 11) is 0. The summed E-state index contributed by atoms with van der Waals surface area (Å²) in [6.45, 7) is 4.75. The fraction of sp³-hybridized carbons (Fsp3) is 0.0500. The molecular formula is C60H41N3. The number of benzene rings is 9. The lowest BCUT2D eigenvalue weighted by molar-refractivity contribution is 0.666. The molecule has 1 aliphatic rings. The summed E-state index contributed by atoms with van der Waals surface area (Å²) in [4.78, 5) is 14.9. The highest BCUT2D eigenvalue weighted by atomic mass is 14.9. The summed E-state index contributed by atoms with van der Waals surface area (Å²) in [6.07, 6.45) is 3.70. The van der Waals surface area contributed by atoms with Gasteiger partial charge in [0.25, 0.3) is 0 Å². The summed E-state index contributed by atoms with van der Waals surface area (Å²) in [5.74, 6) is 0.694. The SMILES string of the molecule is CC1(C)c2ccc(-c3ccc(-c4ccc(-c5nc(-c6ccccc6)cc(-c6ccc(-c7cccnc7)cc6)n5)c5ccccc45)c4ccccc34)cc2-c2ccc3ccccc3c21. The Bertz CT molecular complexity index is 3570. The van der Waals surface area contributed by atoms with E-state index in [0.29, 0.717) is 5.82 Å². The maximum Gasteiger partial charge on any atom is 0.161 e. The Morgan fingerprint density at radius 2 is 0.873 bits per heavy atom. The highest BCUT2D eigenvalue weighted by Crippen LogP contribution is 2.52. The average Bonchev–Trinajstić information content (AvgIpc) is 3.59. The van der Waals surface area contributed by atoms with Crippen molar-refractivity contribution in [3.63, 3.8) is 0 Å². The Kier molecular flexibility index (Phi) is 8.52. The monoisotopic (exact) mass is 803 g/mol. The number of fused-ring (bicyclic) bond motifs is 7. The van der Waals surface area contributed by atoms with Crippen LogP contribution in [0.3, 0.4) is 0 Å². The van der Waals surface area contributed by atoms with Crippen LogP contribution in [0.4, 0.5) is 0 Å². The fourth-order valence-electron chi connectivity index (χ4n) is 10.1. The number of hydrogen-bond acceptors (Lipinski definition) is 3. The normalized spacial score (nSPS) is 12.7. The predicted octanol–water partition coefficient (Wildman–Crippen LogP) is 15.6. The first-order valence-electron chi connectivity index (χ1n) is 21.7. The smallest absolute Gasteiger partial charge is 0.161 e. The van der Waals surface area contributed by atoms with Gasteiger partial charge in [0.05, 0.1) is 11.4 Å². The van der Waals surface area contributed by atoms with Gasteiger partial charge in [0.2, 0.25) is 0 Å². The topological polar surface area (TPSA) is 38.7 Å². The molecule has 0 N–H and O–H groups in total. The summed E-state index contributed by atoms with van der Waals surface area (Å²) in [6, 6.07) is 72.3. The zero-order valence-electron chi connectivity index (χ0n) is 35.0. The number of rotatable bonds is 6. The molecule has 0 bridgehead atoms. The van der Waals surface area contributed by atoms with Crippen LogP contribution in [-0.2, 0) is 5.41 Å². The molecule has 11 aromatic rings. The average molecular weight is 804 g/mol. The van der Waals surface area contributed by atoms with Crippen molar-refractivity contribution in [2.24, 2.45) is 0 Å². The van der Waals surface area contributed by atoms with Crippen LogP contribution in [0.15, 0.2) is 213 Å². The number of aromatic nitrogens is 3. The lowest BCUT2D eigenvalue weighted by Gasteiger charge is -2.23. The molecule has 0 unspecified atom stereocenters. The van der Waals surface area contributed by atoms with Gasteiger partial charge in [-0.15, -0.1) is 0 Å². The van der Waals surface area contributed by atoms with E-state index < -0.39 is 0 Å². The van der Waals surface area contributed by atoms with E-state index in [2.05, 4.69) is 207 Å². The second-order valence-corrected chi connectivity index (χ2v) is 17.2. The molecule has 0 atom stereocenters. The third-order valence-electron chi connectivity index (χ3n) is 13.2. The van der Waals surface area contributed by atoms with Crippen molar-refractivity contribution in [3.8, 4) is 78.4 Å². The van der Waals surface area contributed by atoms with Gasteiger partial charge in [0, 0.05) is 34.5 Å². The first kappa shape index (κ1) is 36.8. The quantitative estimate of drug-likeness (QED) is 0.168. The molecule has 0 fully saturated rings. The Balaban J connectivity index is 0.975. The molecule has 1 aliphatic carbocycles. The minimum absolute atomic E-state index is 0.0924. The molecule has 296 valence electrons. The van der Waals surface area contributed by atoms with Crippen LogP contribution in [0.25, 0.3) is 111 Å². The van der Waals surface area contributed by atoms with Gasteiger partial charge in [-0.1, -0.05) is 190 Å². The van der Waals surface area contributed by atoms with E-state index >= 15 is 0 Å². The lowest BCUT2D eigenvalue weighted by atomic mass is 9.80. The Morgan fingerprint density at radius 1 is 0.349 bits per heavy atom. The van der Waals surface area contributed by atoms with E-state index in [1.807, 2.05) is 18.3 Å². The van der Waals surface area contributed by atoms with E-state index in [9.17, 15) is 0 Å². The molecule has 63 heavy (non-hydrogen) atoms. The van der Waals surface area contributed by atoms with E-state index in [4.69, 9.17) is 9.97 Å². The molecule has 9 aromatic carbocycles. The molecular weight excluding hydrogens is 763 g/mol. The van der Waals surface area contributed by atoms with Crippen LogP contribution in [0, 0.1) is 0 Å². The zero-order chi connectivity index (χ0) is 42.1. The molecule has 0 amide bonds. The molecule has 3 nitrogen and oxygen atoms in total. The molecule has 2 heterocycles. The summed E-state index contributed by atoms with van der Waals surface area (Å²) in [5.41, 5.74) is 17.2. The molecule has 2 aromatic heterocycles. The van der Waals surface area contributed by atoms with Gasteiger partial charge in [-0.2, -0.15) is 0 Å².